The number of amides is 1. The molecule has 1 aromatic heterocycles. The van der Waals surface area contributed by atoms with Crippen LogP contribution in [0.15, 0.2) is 34.7 Å². The lowest BCUT2D eigenvalue weighted by Gasteiger charge is -2.34. The predicted octanol–water partition coefficient (Wildman–Crippen LogP) is 3.66. The third-order valence-electron chi connectivity index (χ3n) is 4.46. The van der Waals surface area contributed by atoms with Crippen LogP contribution >= 0.6 is 0 Å². The monoisotopic (exact) mass is 328 g/mol. The summed E-state index contributed by atoms with van der Waals surface area (Å²) in [4.78, 5) is 14.6. The molecule has 0 saturated carbocycles. The van der Waals surface area contributed by atoms with Crippen LogP contribution in [0.4, 0.5) is 5.69 Å². The highest BCUT2D eigenvalue weighted by atomic mass is 16.5. The number of hydrogen-bond donors (Lipinski definition) is 1. The molecule has 0 bridgehead atoms. The van der Waals surface area contributed by atoms with Crippen molar-refractivity contribution < 1.29 is 13.9 Å². The molecular weight excluding hydrogens is 304 g/mol. The number of likely N-dealkylation sites (tertiary alicyclic amines) is 1. The van der Waals surface area contributed by atoms with E-state index < -0.39 is 0 Å². The first-order chi connectivity index (χ1) is 11.5. The number of ether oxygens (including phenoxy) is 1. The summed E-state index contributed by atoms with van der Waals surface area (Å²) in [6.45, 7) is 5.92. The number of hydrogen-bond acceptors (Lipinski definition) is 4. The molecule has 1 aromatic carbocycles. The van der Waals surface area contributed by atoms with Crippen molar-refractivity contribution in [1.82, 2.24) is 4.90 Å². The van der Waals surface area contributed by atoms with Crippen LogP contribution in [0.3, 0.4) is 0 Å². The molecule has 1 saturated heterocycles. The van der Waals surface area contributed by atoms with Crippen molar-refractivity contribution >= 4 is 11.6 Å². The van der Waals surface area contributed by atoms with Crippen LogP contribution in [0, 0.1) is 11.8 Å². The standard InChI is InChI=1S/C19H24N2O3/c1-12-8-13(2)11-21(10-12)19(22)18-7-6-17(24-18)15-9-14(20)4-5-16(15)23-3/h4-7,9,12-13H,8,10-11,20H2,1-3H3/t12-,13-/m0/s1. The van der Waals surface area contributed by atoms with E-state index in [-0.39, 0.29) is 5.91 Å². The quantitative estimate of drug-likeness (QED) is 0.873. The summed E-state index contributed by atoms with van der Waals surface area (Å²) in [5.74, 6) is 2.58. The van der Waals surface area contributed by atoms with Gasteiger partial charge in [0.25, 0.3) is 5.91 Å². The molecular formula is C19H24N2O3. The highest BCUT2D eigenvalue weighted by molar-refractivity contribution is 5.92. The van der Waals surface area contributed by atoms with Gasteiger partial charge in [-0.1, -0.05) is 13.8 Å². The molecule has 1 fully saturated rings. The Morgan fingerprint density at radius 2 is 1.92 bits per heavy atom. The van der Waals surface area contributed by atoms with Crippen LogP contribution in [-0.4, -0.2) is 31.0 Å². The number of benzene rings is 1. The summed E-state index contributed by atoms with van der Waals surface area (Å²) in [6, 6.07) is 8.87. The minimum atomic E-state index is -0.0532. The van der Waals surface area contributed by atoms with E-state index in [9.17, 15) is 4.79 Å². The molecule has 2 N–H and O–H groups in total. The van der Waals surface area contributed by atoms with Gasteiger partial charge in [-0.15, -0.1) is 0 Å². The molecule has 0 unspecified atom stereocenters. The number of carbonyl (C=O) groups is 1. The first-order valence-corrected chi connectivity index (χ1v) is 8.31. The van der Waals surface area contributed by atoms with E-state index in [4.69, 9.17) is 14.9 Å². The van der Waals surface area contributed by atoms with Crippen molar-refractivity contribution in [3.05, 3.63) is 36.1 Å². The first-order valence-electron chi connectivity index (χ1n) is 8.31. The third kappa shape index (κ3) is 3.25. The second-order valence-corrected chi connectivity index (χ2v) is 6.78. The average molecular weight is 328 g/mol. The zero-order valence-corrected chi connectivity index (χ0v) is 14.4. The Balaban J connectivity index is 1.85. The fraction of sp³-hybridized carbons (Fsp3) is 0.421. The van der Waals surface area contributed by atoms with Gasteiger partial charge in [0.15, 0.2) is 5.76 Å². The van der Waals surface area contributed by atoms with E-state index in [1.54, 1.807) is 37.4 Å². The van der Waals surface area contributed by atoms with E-state index in [0.29, 0.717) is 34.8 Å². The smallest absolute Gasteiger partial charge is 0.289 e. The number of piperidine rings is 1. The molecule has 3 rings (SSSR count). The molecule has 24 heavy (non-hydrogen) atoms. The van der Waals surface area contributed by atoms with Gasteiger partial charge in [-0.25, -0.2) is 0 Å². The maximum Gasteiger partial charge on any atom is 0.289 e. The van der Waals surface area contributed by atoms with Crippen molar-refractivity contribution in [3.63, 3.8) is 0 Å². The Labute approximate surface area is 142 Å². The number of furan rings is 1. The van der Waals surface area contributed by atoms with Crippen molar-refractivity contribution in [3.8, 4) is 17.1 Å². The van der Waals surface area contributed by atoms with Gasteiger partial charge in [-0.2, -0.15) is 0 Å². The molecule has 2 aromatic rings. The average Bonchev–Trinajstić information content (AvgIpc) is 3.03. The van der Waals surface area contributed by atoms with Gasteiger partial charge in [0.2, 0.25) is 0 Å². The predicted molar refractivity (Wildman–Crippen MR) is 94.0 cm³/mol. The number of anilines is 1. The number of rotatable bonds is 3. The SMILES string of the molecule is COc1ccc(N)cc1-c1ccc(C(=O)N2C[C@@H](C)C[C@H](C)C2)o1. The van der Waals surface area contributed by atoms with Gasteiger partial charge in [-0.05, 0) is 48.6 Å². The summed E-state index contributed by atoms with van der Waals surface area (Å²) < 4.78 is 11.2. The van der Waals surface area contributed by atoms with Gasteiger partial charge in [0.05, 0.1) is 12.7 Å². The Bertz CT molecular complexity index is 728. The second kappa shape index (κ2) is 6.59. The number of nitrogen functional groups attached to an aromatic ring is 1. The van der Waals surface area contributed by atoms with Crippen LogP contribution in [0.1, 0.15) is 30.8 Å². The van der Waals surface area contributed by atoms with E-state index in [1.807, 2.05) is 4.90 Å². The van der Waals surface area contributed by atoms with Gasteiger partial charge in [0.1, 0.15) is 11.5 Å². The maximum atomic E-state index is 12.7. The summed E-state index contributed by atoms with van der Waals surface area (Å²) in [5, 5.41) is 0. The third-order valence-corrected chi connectivity index (χ3v) is 4.46. The molecule has 1 aliphatic rings. The van der Waals surface area contributed by atoms with Crippen LogP contribution in [0.2, 0.25) is 0 Å². The molecule has 5 heteroatoms. The normalized spacial score (nSPS) is 20.9. The van der Waals surface area contributed by atoms with Crippen LogP contribution < -0.4 is 10.5 Å². The summed E-state index contributed by atoms with van der Waals surface area (Å²) in [5.41, 5.74) is 7.23. The van der Waals surface area contributed by atoms with E-state index in [2.05, 4.69) is 13.8 Å². The fourth-order valence-electron chi connectivity index (χ4n) is 3.50. The molecule has 128 valence electrons. The minimum Gasteiger partial charge on any atom is -0.496 e. The molecule has 0 spiro atoms. The molecule has 2 atom stereocenters. The molecule has 1 amide bonds. The van der Waals surface area contributed by atoms with Gasteiger partial charge in [0, 0.05) is 18.8 Å². The maximum absolute atomic E-state index is 12.7. The Hall–Kier alpha value is -2.43. The minimum absolute atomic E-state index is 0.0532. The lowest BCUT2D eigenvalue weighted by Crippen LogP contribution is -2.42. The number of carbonyl (C=O) groups excluding carboxylic acids is 1. The summed E-state index contributed by atoms with van der Waals surface area (Å²) in [6.07, 6.45) is 1.16. The zero-order chi connectivity index (χ0) is 17.3. The van der Waals surface area contributed by atoms with Crippen LogP contribution in [-0.2, 0) is 0 Å². The van der Waals surface area contributed by atoms with Crippen molar-refractivity contribution in [2.24, 2.45) is 11.8 Å². The Morgan fingerprint density at radius 1 is 1.21 bits per heavy atom. The number of nitrogens with two attached hydrogens (primary N) is 1. The van der Waals surface area contributed by atoms with Crippen molar-refractivity contribution in [2.45, 2.75) is 20.3 Å². The Morgan fingerprint density at radius 3 is 2.58 bits per heavy atom. The number of nitrogens with zero attached hydrogens (tertiary/aromatic N) is 1. The highest BCUT2D eigenvalue weighted by Gasteiger charge is 2.28. The van der Waals surface area contributed by atoms with Crippen molar-refractivity contribution in [1.29, 1.82) is 0 Å². The Kier molecular flexibility index (Phi) is 4.51. The lowest BCUT2D eigenvalue weighted by molar-refractivity contribution is 0.0592. The van der Waals surface area contributed by atoms with Gasteiger partial charge < -0.3 is 19.8 Å². The zero-order valence-electron chi connectivity index (χ0n) is 14.4. The molecule has 2 heterocycles. The van der Waals surface area contributed by atoms with Gasteiger partial charge in [-0.3, -0.25) is 4.79 Å². The largest absolute Gasteiger partial charge is 0.496 e. The highest BCUT2D eigenvalue weighted by Crippen LogP contribution is 2.33. The molecule has 5 nitrogen and oxygen atoms in total. The van der Waals surface area contributed by atoms with E-state index >= 15 is 0 Å². The van der Waals surface area contributed by atoms with E-state index in [0.717, 1.165) is 25.1 Å². The van der Waals surface area contributed by atoms with Crippen LogP contribution in [0.5, 0.6) is 5.75 Å². The van der Waals surface area contributed by atoms with E-state index in [1.165, 1.54) is 0 Å². The molecule has 0 aliphatic carbocycles. The molecule has 0 radical (unpaired) electrons. The second-order valence-electron chi connectivity index (χ2n) is 6.78. The first kappa shape index (κ1) is 16.4. The van der Waals surface area contributed by atoms with Gasteiger partial charge >= 0.3 is 0 Å². The number of methoxy groups -OCH3 is 1. The lowest BCUT2D eigenvalue weighted by atomic mass is 9.92. The molecule has 1 aliphatic heterocycles. The fourth-order valence-corrected chi connectivity index (χ4v) is 3.50. The van der Waals surface area contributed by atoms with Crippen LogP contribution in [0.25, 0.3) is 11.3 Å². The van der Waals surface area contributed by atoms with Crippen molar-refractivity contribution in [2.75, 3.05) is 25.9 Å². The summed E-state index contributed by atoms with van der Waals surface area (Å²) in [7, 11) is 1.60. The topological polar surface area (TPSA) is 68.7 Å². The summed E-state index contributed by atoms with van der Waals surface area (Å²) >= 11 is 0.